The fraction of sp³-hybridized carbons (Fsp3) is 0.600. The Bertz CT molecular complexity index is 844. The molecule has 6 heteroatoms. The minimum atomic E-state index is -0.0482. The van der Waals surface area contributed by atoms with Crippen LogP contribution in [0.15, 0.2) is 29.2 Å². The van der Waals surface area contributed by atoms with Gasteiger partial charge in [0.1, 0.15) is 5.82 Å². The zero-order chi connectivity index (χ0) is 18.3. The molecule has 0 bridgehead atoms. The molecule has 1 saturated carbocycles. The van der Waals surface area contributed by atoms with E-state index in [1.165, 1.54) is 12.8 Å². The van der Waals surface area contributed by atoms with Gasteiger partial charge in [-0.3, -0.25) is 9.69 Å². The van der Waals surface area contributed by atoms with Crippen LogP contribution in [0.2, 0.25) is 0 Å². The van der Waals surface area contributed by atoms with Gasteiger partial charge in [0.2, 0.25) is 0 Å². The summed E-state index contributed by atoms with van der Waals surface area (Å²) in [5, 5.41) is 4.58. The van der Waals surface area contributed by atoms with Crippen molar-refractivity contribution in [1.29, 1.82) is 0 Å². The van der Waals surface area contributed by atoms with Gasteiger partial charge in [-0.25, -0.2) is 14.6 Å². The van der Waals surface area contributed by atoms with Crippen molar-refractivity contribution in [3.8, 4) is 0 Å². The molecule has 26 heavy (non-hydrogen) atoms. The highest BCUT2D eigenvalue weighted by Gasteiger charge is 2.30. The summed E-state index contributed by atoms with van der Waals surface area (Å²) in [5.41, 5.74) is 2.00. The van der Waals surface area contributed by atoms with Crippen LogP contribution in [-0.4, -0.2) is 37.7 Å². The fourth-order valence-corrected chi connectivity index (χ4v) is 3.41. The summed E-state index contributed by atoms with van der Waals surface area (Å²) in [7, 11) is 0. The Morgan fingerprint density at radius 3 is 2.62 bits per heavy atom. The standard InChI is InChI=1S/C20H27N5O/c1-20(2,3)17-6-7-18(26)25(23-17)12-14-10-24(11-14)13-16-8-9-21-19(22-16)15-4-5-15/h6-9,14-15H,4-5,10-13H2,1-3H3. The molecule has 0 unspecified atom stereocenters. The van der Waals surface area contributed by atoms with Gasteiger partial charge < -0.3 is 0 Å². The lowest BCUT2D eigenvalue weighted by molar-refractivity contribution is 0.0750. The maximum absolute atomic E-state index is 12.1. The van der Waals surface area contributed by atoms with E-state index in [-0.39, 0.29) is 11.0 Å². The Morgan fingerprint density at radius 2 is 1.92 bits per heavy atom. The van der Waals surface area contributed by atoms with Crippen molar-refractivity contribution in [3.05, 3.63) is 52.0 Å². The van der Waals surface area contributed by atoms with E-state index in [2.05, 4.69) is 35.8 Å². The van der Waals surface area contributed by atoms with Crippen LogP contribution in [0.4, 0.5) is 0 Å². The number of rotatable bonds is 5. The van der Waals surface area contributed by atoms with E-state index in [1.807, 2.05) is 18.3 Å². The molecule has 1 aliphatic carbocycles. The van der Waals surface area contributed by atoms with Crippen molar-refractivity contribution in [2.24, 2.45) is 5.92 Å². The SMILES string of the molecule is CC(C)(C)c1ccc(=O)n(CC2CN(Cc3ccnc(C4CC4)n3)C2)n1. The number of aromatic nitrogens is 4. The van der Waals surface area contributed by atoms with Crippen LogP contribution in [0.25, 0.3) is 0 Å². The van der Waals surface area contributed by atoms with Crippen LogP contribution >= 0.6 is 0 Å². The molecule has 0 aromatic carbocycles. The smallest absolute Gasteiger partial charge is 0.266 e. The highest BCUT2D eigenvalue weighted by molar-refractivity contribution is 5.11. The molecule has 1 aliphatic heterocycles. The summed E-state index contributed by atoms with van der Waals surface area (Å²) in [6.45, 7) is 9.87. The molecule has 2 aliphatic rings. The predicted molar refractivity (Wildman–Crippen MR) is 100.0 cm³/mol. The lowest BCUT2D eigenvalue weighted by atomic mass is 9.92. The first kappa shape index (κ1) is 17.3. The monoisotopic (exact) mass is 353 g/mol. The topological polar surface area (TPSA) is 63.9 Å². The van der Waals surface area contributed by atoms with Gasteiger partial charge in [-0.1, -0.05) is 20.8 Å². The van der Waals surface area contributed by atoms with E-state index in [0.29, 0.717) is 18.4 Å². The third kappa shape index (κ3) is 3.85. The normalized spacial score (nSPS) is 18.7. The quantitative estimate of drug-likeness (QED) is 0.825. The zero-order valence-corrected chi connectivity index (χ0v) is 15.9. The van der Waals surface area contributed by atoms with E-state index in [4.69, 9.17) is 4.98 Å². The van der Waals surface area contributed by atoms with Gasteiger partial charge in [0.15, 0.2) is 0 Å². The number of hydrogen-bond acceptors (Lipinski definition) is 5. The zero-order valence-electron chi connectivity index (χ0n) is 15.9. The van der Waals surface area contributed by atoms with Crippen molar-refractivity contribution in [3.63, 3.8) is 0 Å². The molecule has 4 rings (SSSR count). The van der Waals surface area contributed by atoms with E-state index in [1.54, 1.807) is 10.7 Å². The van der Waals surface area contributed by atoms with Crippen LogP contribution in [0.1, 0.15) is 56.7 Å². The largest absolute Gasteiger partial charge is 0.297 e. The summed E-state index contributed by atoms with van der Waals surface area (Å²) in [6.07, 6.45) is 4.34. The van der Waals surface area contributed by atoms with Gasteiger partial charge in [0, 0.05) is 49.1 Å². The first-order chi connectivity index (χ1) is 12.4. The maximum Gasteiger partial charge on any atom is 0.266 e. The van der Waals surface area contributed by atoms with Crippen LogP contribution in [0.3, 0.4) is 0 Å². The molecule has 0 atom stereocenters. The van der Waals surface area contributed by atoms with Crippen molar-refractivity contribution in [2.75, 3.05) is 13.1 Å². The van der Waals surface area contributed by atoms with Gasteiger partial charge >= 0.3 is 0 Å². The Hall–Kier alpha value is -2.08. The molecule has 0 amide bonds. The van der Waals surface area contributed by atoms with Crippen molar-refractivity contribution >= 4 is 0 Å². The van der Waals surface area contributed by atoms with Crippen LogP contribution in [0.5, 0.6) is 0 Å². The molecule has 0 spiro atoms. The van der Waals surface area contributed by atoms with E-state index in [0.717, 1.165) is 36.8 Å². The highest BCUT2D eigenvalue weighted by atomic mass is 16.1. The van der Waals surface area contributed by atoms with Crippen molar-refractivity contribution < 1.29 is 0 Å². The summed E-state index contributed by atoms with van der Waals surface area (Å²) in [6, 6.07) is 5.50. The fourth-order valence-electron chi connectivity index (χ4n) is 3.41. The molecular weight excluding hydrogens is 326 g/mol. The lowest BCUT2D eigenvalue weighted by Gasteiger charge is -2.39. The number of likely N-dealkylation sites (tertiary alicyclic amines) is 1. The van der Waals surface area contributed by atoms with Gasteiger partial charge in [0.25, 0.3) is 5.56 Å². The predicted octanol–water partition coefficient (Wildman–Crippen LogP) is 2.34. The Labute approximate surface area is 154 Å². The molecule has 3 heterocycles. The number of nitrogens with zero attached hydrogens (tertiary/aromatic N) is 5. The molecule has 0 N–H and O–H groups in total. The second-order valence-electron chi connectivity index (χ2n) is 8.73. The molecule has 2 aromatic heterocycles. The average Bonchev–Trinajstić information content (AvgIpc) is 3.38. The third-order valence-corrected chi connectivity index (χ3v) is 5.16. The second-order valence-corrected chi connectivity index (χ2v) is 8.73. The molecule has 0 radical (unpaired) electrons. The van der Waals surface area contributed by atoms with Gasteiger partial charge in [0.05, 0.1) is 17.9 Å². The van der Waals surface area contributed by atoms with Crippen LogP contribution < -0.4 is 5.56 Å². The Kier molecular flexibility index (Phi) is 4.39. The minimum absolute atomic E-state index is 0.0127. The Balaban J connectivity index is 1.34. The highest BCUT2D eigenvalue weighted by Crippen LogP contribution is 2.37. The third-order valence-electron chi connectivity index (χ3n) is 5.16. The second kappa shape index (κ2) is 6.58. The lowest BCUT2D eigenvalue weighted by Crippen LogP contribution is -2.49. The molecule has 1 saturated heterocycles. The van der Waals surface area contributed by atoms with Crippen LogP contribution in [0, 0.1) is 5.92 Å². The van der Waals surface area contributed by atoms with E-state index in [9.17, 15) is 4.79 Å². The van der Waals surface area contributed by atoms with Gasteiger partial charge in [-0.15, -0.1) is 0 Å². The van der Waals surface area contributed by atoms with Crippen LogP contribution in [-0.2, 0) is 18.5 Å². The summed E-state index contributed by atoms with van der Waals surface area (Å²) in [4.78, 5) is 23.6. The number of hydrogen-bond donors (Lipinski definition) is 0. The molecule has 2 aromatic rings. The Morgan fingerprint density at radius 1 is 1.15 bits per heavy atom. The molecule has 6 nitrogen and oxygen atoms in total. The molecule has 2 fully saturated rings. The average molecular weight is 353 g/mol. The van der Waals surface area contributed by atoms with Gasteiger partial charge in [-0.2, -0.15) is 5.10 Å². The van der Waals surface area contributed by atoms with Crippen molar-refractivity contribution in [2.45, 2.75) is 58.0 Å². The maximum atomic E-state index is 12.1. The first-order valence-electron chi connectivity index (χ1n) is 9.51. The minimum Gasteiger partial charge on any atom is -0.297 e. The van der Waals surface area contributed by atoms with E-state index < -0.39 is 0 Å². The molecule has 138 valence electrons. The summed E-state index contributed by atoms with van der Waals surface area (Å²) < 4.78 is 1.64. The van der Waals surface area contributed by atoms with E-state index >= 15 is 0 Å². The summed E-state index contributed by atoms with van der Waals surface area (Å²) >= 11 is 0. The molecular formula is C20H27N5O. The van der Waals surface area contributed by atoms with Gasteiger partial charge in [-0.05, 0) is 25.0 Å². The first-order valence-corrected chi connectivity index (χ1v) is 9.51. The van der Waals surface area contributed by atoms with Crippen molar-refractivity contribution in [1.82, 2.24) is 24.6 Å². The summed E-state index contributed by atoms with van der Waals surface area (Å²) in [5.74, 6) is 2.07.